The zero-order valence-electron chi connectivity index (χ0n) is 16.4. The van der Waals surface area contributed by atoms with E-state index >= 15 is 0 Å². The second-order valence-electron chi connectivity index (χ2n) is 6.90. The highest BCUT2D eigenvalue weighted by atomic mass is 19.1. The number of terminal acetylenes is 1. The summed E-state index contributed by atoms with van der Waals surface area (Å²) >= 11 is 0. The van der Waals surface area contributed by atoms with Crippen molar-refractivity contribution in [3.8, 4) is 24.0 Å². The predicted octanol–water partition coefficient (Wildman–Crippen LogP) is 7.77. The Morgan fingerprint density at radius 3 is 2.11 bits per heavy atom. The molecule has 0 N–H and O–H groups in total. The molecule has 1 heteroatoms. The summed E-state index contributed by atoms with van der Waals surface area (Å²) < 4.78 is 14.6. The molecule has 2 aromatic rings. The van der Waals surface area contributed by atoms with Crippen LogP contribution in [0.3, 0.4) is 0 Å². The molecule has 27 heavy (non-hydrogen) atoms. The van der Waals surface area contributed by atoms with Crippen molar-refractivity contribution in [2.45, 2.75) is 51.9 Å². The summed E-state index contributed by atoms with van der Waals surface area (Å²) in [5.41, 5.74) is 5.03. The normalized spacial score (nSPS) is 15.4. The molecule has 3 rings (SSSR count). The lowest BCUT2D eigenvalue weighted by atomic mass is 9.83. The third-order valence-electron chi connectivity index (χ3n) is 5.26. The first-order chi connectivity index (χ1) is 13.2. The van der Waals surface area contributed by atoms with Crippen LogP contribution in [-0.2, 0) is 0 Å². The topological polar surface area (TPSA) is 0 Å². The predicted molar refractivity (Wildman–Crippen MR) is 116 cm³/mol. The minimum Gasteiger partial charge on any atom is -0.206 e. The molecule has 0 spiro atoms. The van der Waals surface area contributed by atoms with E-state index in [1.165, 1.54) is 37.7 Å². The molecule has 0 bridgehead atoms. The standard InChI is InChI=1S/C24H27F.C2H2/c1-3-8-18(4-2)23-16-15-22(17-24(23)25)21-13-11-20(12-14-21)19-9-6-5-7-10-19;1-2/h3-4,8,11-17,19H,5-7,9-10H2,1-2H3;1-2H/b8-3-,18-4+;. The molecule has 1 aliphatic carbocycles. The molecule has 0 heterocycles. The molecule has 140 valence electrons. The van der Waals surface area contributed by atoms with Crippen molar-refractivity contribution in [1.82, 2.24) is 0 Å². The van der Waals surface area contributed by atoms with Crippen molar-refractivity contribution in [2.75, 3.05) is 0 Å². The molecular formula is C26H29F. The van der Waals surface area contributed by atoms with Crippen LogP contribution in [0.5, 0.6) is 0 Å². The van der Waals surface area contributed by atoms with Gasteiger partial charge in [0.1, 0.15) is 5.82 Å². The third kappa shape index (κ3) is 5.20. The van der Waals surface area contributed by atoms with Crippen LogP contribution in [0.4, 0.5) is 4.39 Å². The van der Waals surface area contributed by atoms with Gasteiger partial charge < -0.3 is 0 Å². The van der Waals surface area contributed by atoms with Crippen molar-refractivity contribution in [3.63, 3.8) is 0 Å². The van der Waals surface area contributed by atoms with E-state index in [1.807, 2.05) is 44.2 Å². The maximum atomic E-state index is 14.6. The molecule has 1 aliphatic rings. The number of halogens is 1. The molecule has 0 amide bonds. The highest BCUT2D eigenvalue weighted by Gasteiger charge is 2.15. The number of allylic oxidation sites excluding steroid dienone is 4. The molecule has 0 aliphatic heterocycles. The number of hydrogen-bond acceptors (Lipinski definition) is 0. The van der Waals surface area contributed by atoms with Gasteiger partial charge in [-0.15, -0.1) is 12.8 Å². The van der Waals surface area contributed by atoms with Gasteiger partial charge in [-0.2, -0.15) is 0 Å². The van der Waals surface area contributed by atoms with Crippen LogP contribution < -0.4 is 0 Å². The zero-order chi connectivity index (χ0) is 19.6. The minimum atomic E-state index is -0.167. The molecule has 0 atom stereocenters. The van der Waals surface area contributed by atoms with E-state index in [9.17, 15) is 4.39 Å². The van der Waals surface area contributed by atoms with Gasteiger partial charge in [0, 0.05) is 5.56 Å². The molecule has 1 saturated carbocycles. The van der Waals surface area contributed by atoms with E-state index in [1.54, 1.807) is 6.07 Å². The fourth-order valence-electron chi connectivity index (χ4n) is 3.83. The van der Waals surface area contributed by atoms with Crippen molar-refractivity contribution in [3.05, 3.63) is 77.6 Å². The second kappa shape index (κ2) is 10.5. The van der Waals surface area contributed by atoms with Gasteiger partial charge in [-0.05, 0) is 60.9 Å². The summed E-state index contributed by atoms with van der Waals surface area (Å²) in [5, 5.41) is 0. The van der Waals surface area contributed by atoms with E-state index < -0.39 is 0 Å². The monoisotopic (exact) mass is 360 g/mol. The van der Waals surface area contributed by atoms with E-state index in [0.717, 1.165) is 16.7 Å². The average Bonchev–Trinajstić information content (AvgIpc) is 2.74. The highest BCUT2D eigenvalue weighted by molar-refractivity contribution is 5.76. The van der Waals surface area contributed by atoms with Crippen molar-refractivity contribution in [1.29, 1.82) is 0 Å². The number of rotatable bonds is 4. The molecule has 2 aromatic carbocycles. The van der Waals surface area contributed by atoms with Gasteiger partial charge in [0.25, 0.3) is 0 Å². The summed E-state index contributed by atoms with van der Waals surface area (Å²) in [6, 6.07) is 14.3. The first kappa shape index (κ1) is 20.7. The van der Waals surface area contributed by atoms with Crippen LogP contribution in [0.2, 0.25) is 0 Å². The summed E-state index contributed by atoms with van der Waals surface area (Å²) in [4.78, 5) is 0. The Morgan fingerprint density at radius 2 is 1.56 bits per heavy atom. The average molecular weight is 361 g/mol. The fourth-order valence-corrected chi connectivity index (χ4v) is 3.83. The van der Waals surface area contributed by atoms with Crippen molar-refractivity contribution >= 4 is 5.57 Å². The van der Waals surface area contributed by atoms with Crippen LogP contribution in [0.25, 0.3) is 16.7 Å². The molecule has 0 nitrogen and oxygen atoms in total. The van der Waals surface area contributed by atoms with Gasteiger partial charge in [0.05, 0.1) is 0 Å². The van der Waals surface area contributed by atoms with Crippen LogP contribution in [0, 0.1) is 18.7 Å². The van der Waals surface area contributed by atoms with E-state index in [4.69, 9.17) is 0 Å². The molecule has 1 fully saturated rings. The largest absolute Gasteiger partial charge is 0.206 e. The number of benzene rings is 2. The lowest BCUT2D eigenvalue weighted by molar-refractivity contribution is 0.443. The Hall–Kier alpha value is -2.59. The Balaban J connectivity index is 0.00000126. The van der Waals surface area contributed by atoms with E-state index in [0.29, 0.717) is 11.5 Å². The van der Waals surface area contributed by atoms with Gasteiger partial charge in [-0.1, -0.05) is 73.9 Å². The summed E-state index contributed by atoms with van der Waals surface area (Å²) in [5.74, 6) is 0.542. The van der Waals surface area contributed by atoms with Crippen LogP contribution in [-0.4, -0.2) is 0 Å². The molecule has 0 radical (unpaired) electrons. The maximum absolute atomic E-state index is 14.6. The summed E-state index contributed by atoms with van der Waals surface area (Å²) in [6.45, 7) is 3.89. The Kier molecular flexibility index (Phi) is 8.08. The van der Waals surface area contributed by atoms with Gasteiger partial charge in [0.2, 0.25) is 0 Å². The second-order valence-corrected chi connectivity index (χ2v) is 6.90. The molecular weight excluding hydrogens is 331 g/mol. The van der Waals surface area contributed by atoms with Gasteiger partial charge in [0.15, 0.2) is 0 Å². The lowest BCUT2D eigenvalue weighted by Crippen LogP contribution is -2.04. The van der Waals surface area contributed by atoms with Gasteiger partial charge >= 0.3 is 0 Å². The van der Waals surface area contributed by atoms with Crippen LogP contribution in [0.1, 0.15) is 63.0 Å². The summed E-state index contributed by atoms with van der Waals surface area (Å²) in [6.07, 6.45) is 20.5. The Bertz CT molecular complexity index is 800. The van der Waals surface area contributed by atoms with E-state index in [-0.39, 0.29) is 5.82 Å². The zero-order valence-corrected chi connectivity index (χ0v) is 16.4. The van der Waals surface area contributed by atoms with E-state index in [2.05, 4.69) is 37.1 Å². The fraction of sp³-hybridized carbons (Fsp3) is 0.308. The van der Waals surface area contributed by atoms with Crippen molar-refractivity contribution in [2.24, 2.45) is 0 Å². The van der Waals surface area contributed by atoms with Gasteiger partial charge in [-0.3, -0.25) is 0 Å². The quantitative estimate of drug-likeness (QED) is 0.386. The lowest BCUT2D eigenvalue weighted by Gasteiger charge is -2.22. The summed E-state index contributed by atoms with van der Waals surface area (Å²) in [7, 11) is 0. The molecule has 0 aromatic heterocycles. The van der Waals surface area contributed by atoms with Gasteiger partial charge in [-0.25, -0.2) is 4.39 Å². The van der Waals surface area contributed by atoms with Crippen LogP contribution >= 0.6 is 0 Å². The first-order valence-corrected chi connectivity index (χ1v) is 9.75. The highest BCUT2D eigenvalue weighted by Crippen LogP contribution is 2.34. The maximum Gasteiger partial charge on any atom is 0.131 e. The minimum absolute atomic E-state index is 0.167. The van der Waals surface area contributed by atoms with Crippen molar-refractivity contribution < 1.29 is 4.39 Å². The smallest absolute Gasteiger partial charge is 0.131 e. The van der Waals surface area contributed by atoms with Crippen LogP contribution in [0.15, 0.2) is 60.7 Å². The molecule has 0 saturated heterocycles. The Labute approximate surface area is 163 Å². The third-order valence-corrected chi connectivity index (χ3v) is 5.26. The Morgan fingerprint density at radius 1 is 0.926 bits per heavy atom. The number of hydrogen-bond donors (Lipinski definition) is 0. The first-order valence-electron chi connectivity index (χ1n) is 9.75. The molecule has 0 unspecified atom stereocenters. The SMILES string of the molecule is C#C.C/C=C\C(=C/C)c1ccc(-c2ccc(C3CCCCC3)cc2)cc1F.